The highest BCUT2D eigenvalue weighted by molar-refractivity contribution is 5.98. The van der Waals surface area contributed by atoms with E-state index in [2.05, 4.69) is 20.8 Å². The standard InChI is InChI=1S/C21H21FN6O2/c1-14-24-25-26-28(14)18-13-16(10-11-17(18)22)23-21(30)20(15-7-3-2-4-8-15)27-12-6-5-9-19(27)29/h2-4,7-8,10-11,13,20H,5-6,9,12H2,1H3,(H,23,30). The highest BCUT2D eigenvalue weighted by atomic mass is 19.1. The number of benzene rings is 2. The summed E-state index contributed by atoms with van der Waals surface area (Å²) in [5, 5.41) is 13.9. The van der Waals surface area contributed by atoms with Crippen LogP contribution in [0.5, 0.6) is 0 Å². The predicted molar refractivity (Wildman–Crippen MR) is 107 cm³/mol. The van der Waals surface area contributed by atoms with Gasteiger partial charge in [0.1, 0.15) is 17.5 Å². The summed E-state index contributed by atoms with van der Waals surface area (Å²) < 4.78 is 15.6. The number of hydrogen-bond donors (Lipinski definition) is 1. The van der Waals surface area contributed by atoms with Crippen LogP contribution in [0.2, 0.25) is 0 Å². The quantitative estimate of drug-likeness (QED) is 0.701. The van der Waals surface area contributed by atoms with Gasteiger partial charge < -0.3 is 10.2 Å². The Hall–Kier alpha value is -3.62. The number of nitrogens with zero attached hydrogens (tertiary/aromatic N) is 5. The van der Waals surface area contributed by atoms with Gasteiger partial charge in [-0.3, -0.25) is 9.59 Å². The smallest absolute Gasteiger partial charge is 0.251 e. The summed E-state index contributed by atoms with van der Waals surface area (Å²) in [7, 11) is 0. The van der Waals surface area contributed by atoms with E-state index in [0.29, 0.717) is 24.5 Å². The average Bonchev–Trinajstić information content (AvgIpc) is 3.17. The molecular formula is C21H21FN6O2. The van der Waals surface area contributed by atoms with Crippen molar-refractivity contribution in [3.05, 3.63) is 65.7 Å². The first-order valence-corrected chi connectivity index (χ1v) is 9.75. The number of rotatable bonds is 5. The highest BCUT2D eigenvalue weighted by Gasteiger charge is 2.32. The van der Waals surface area contributed by atoms with Gasteiger partial charge in [0.15, 0.2) is 5.82 Å². The number of tetrazole rings is 1. The summed E-state index contributed by atoms with van der Waals surface area (Å²) in [6.45, 7) is 2.17. The van der Waals surface area contributed by atoms with Crippen molar-refractivity contribution in [1.82, 2.24) is 25.1 Å². The number of anilines is 1. The lowest BCUT2D eigenvalue weighted by Crippen LogP contribution is -2.43. The first kappa shape index (κ1) is 19.7. The van der Waals surface area contributed by atoms with E-state index in [1.807, 2.05) is 30.3 Å². The maximum Gasteiger partial charge on any atom is 0.251 e. The fraction of sp³-hybridized carbons (Fsp3) is 0.286. The summed E-state index contributed by atoms with van der Waals surface area (Å²) in [5.41, 5.74) is 1.24. The van der Waals surface area contributed by atoms with Gasteiger partial charge in [0, 0.05) is 18.7 Å². The van der Waals surface area contributed by atoms with Gasteiger partial charge in [0.05, 0.1) is 0 Å². The first-order valence-electron chi connectivity index (χ1n) is 9.75. The van der Waals surface area contributed by atoms with Crippen molar-refractivity contribution in [2.45, 2.75) is 32.2 Å². The molecule has 0 bridgehead atoms. The number of hydrogen-bond acceptors (Lipinski definition) is 5. The molecule has 154 valence electrons. The van der Waals surface area contributed by atoms with Crippen LogP contribution in [0.1, 0.15) is 36.7 Å². The Balaban J connectivity index is 1.65. The highest BCUT2D eigenvalue weighted by Crippen LogP contribution is 2.28. The molecule has 1 N–H and O–H groups in total. The second-order valence-electron chi connectivity index (χ2n) is 7.15. The first-order chi connectivity index (χ1) is 14.5. The van der Waals surface area contributed by atoms with Crippen LogP contribution in [0.15, 0.2) is 48.5 Å². The summed E-state index contributed by atoms with van der Waals surface area (Å²) >= 11 is 0. The molecule has 4 rings (SSSR count). The molecule has 2 heterocycles. The van der Waals surface area contributed by atoms with Crippen molar-refractivity contribution in [1.29, 1.82) is 0 Å². The Bertz CT molecular complexity index is 1070. The molecule has 1 saturated heterocycles. The fourth-order valence-electron chi connectivity index (χ4n) is 3.63. The monoisotopic (exact) mass is 408 g/mol. The van der Waals surface area contributed by atoms with Crippen LogP contribution in [0.4, 0.5) is 10.1 Å². The molecule has 0 saturated carbocycles. The lowest BCUT2D eigenvalue weighted by atomic mass is 10.0. The molecule has 1 aromatic heterocycles. The van der Waals surface area contributed by atoms with Crippen LogP contribution in [0, 0.1) is 12.7 Å². The van der Waals surface area contributed by atoms with E-state index in [0.717, 1.165) is 18.4 Å². The molecule has 2 aromatic carbocycles. The van der Waals surface area contributed by atoms with Crippen molar-refractivity contribution in [2.75, 3.05) is 11.9 Å². The molecule has 0 spiro atoms. The maximum absolute atomic E-state index is 14.3. The van der Waals surface area contributed by atoms with Crippen molar-refractivity contribution >= 4 is 17.5 Å². The van der Waals surface area contributed by atoms with Crippen LogP contribution in [-0.2, 0) is 9.59 Å². The van der Waals surface area contributed by atoms with E-state index in [4.69, 9.17) is 0 Å². The molecule has 1 fully saturated rings. The van der Waals surface area contributed by atoms with E-state index in [1.54, 1.807) is 11.8 Å². The van der Waals surface area contributed by atoms with Gasteiger partial charge in [0.2, 0.25) is 5.91 Å². The number of nitrogens with one attached hydrogen (secondary N) is 1. The number of amides is 2. The minimum Gasteiger partial charge on any atom is -0.327 e. The lowest BCUT2D eigenvalue weighted by molar-refractivity contribution is -0.141. The van der Waals surface area contributed by atoms with Gasteiger partial charge in [-0.15, -0.1) is 5.10 Å². The Morgan fingerprint density at radius 1 is 1.17 bits per heavy atom. The van der Waals surface area contributed by atoms with Gasteiger partial charge in [-0.1, -0.05) is 30.3 Å². The summed E-state index contributed by atoms with van der Waals surface area (Å²) in [6.07, 6.45) is 2.10. The SMILES string of the molecule is Cc1nnnn1-c1cc(NC(=O)C(c2ccccc2)N2CCCCC2=O)ccc1F. The Morgan fingerprint density at radius 3 is 2.67 bits per heavy atom. The number of halogens is 1. The molecular weight excluding hydrogens is 387 g/mol. The number of aryl methyl sites for hydroxylation is 1. The van der Waals surface area contributed by atoms with Crippen molar-refractivity contribution in [3.63, 3.8) is 0 Å². The van der Waals surface area contributed by atoms with Crippen LogP contribution in [0.3, 0.4) is 0 Å². The molecule has 1 atom stereocenters. The third-order valence-corrected chi connectivity index (χ3v) is 5.10. The zero-order valence-corrected chi connectivity index (χ0v) is 16.5. The third-order valence-electron chi connectivity index (χ3n) is 5.10. The summed E-state index contributed by atoms with van der Waals surface area (Å²) in [5.74, 6) is -0.510. The van der Waals surface area contributed by atoms with Crippen LogP contribution in [0.25, 0.3) is 5.69 Å². The number of piperidine rings is 1. The van der Waals surface area contributed by atoms with Crippen molar-refractivity contribution in [2.24, 2.45) is 0 Å². The minimum absolute atomic E-state index is 0.0469. The van der Waals surface area contributed by atoms with Gasteiger partial charge in [-0.25, -0.2) is 4.39 Å². The third kappa shape index (κ3) is 3.91. The summed E-state index contributed by atoms with van der Waals surface area (Å²) in [4.78, 5) is 27.4. The van der Waals surface area contributed by atoms with Gasteiger partial charge >= 0.3 is 0 Å². The average molecular weight is 408 g/mol. The number of carbonyl (C=O) groups excluding carboxylic acids is 2. The van der Waals surface area contributed by atoms with Crippen LogP contribution >= 0.6 is 0 Å². The fourth-order valence-corrected chi connectivity index (χ4v) is 3.63. The molecule has 1 unspecified atom stereocenters. The lowest BCUT2D eigenvalue weighted by Gasteiger charge is -2.34. The molecule has 30 heavy (non-hydrogen) atoms. The van der Waals surface area contributed by atoms with E-state index >= 15 is 0 Å². The van der Waals surface area contributed by atoms with Crippen molar-refractivity contribution < 1.29 is 14.0 Å². The number of likely N-dealkylation sites (tertiary alicyclic amines) is 1. The predicted octanol–water partition coefficient (Wildman–Crippen LogP) is 2.80. The largest absolute Gasteiger partial charge is 0.327 e. The topological polar surface area (TPSA) is 93.0 Å². The van der Waals surface area contributed by atoms with E-state index in [1.165, 1.54) is 22.9 Å². The van der Waals surface area contributed by atoms with Gasteiger partial charge in [0.25, 0.3) is 5.91 Å². The normalized spacial score (nSPS) is 15.1. The molecule has 9 heteroatoms. The second-order valence-corrected chi connectivity index (χ2v) is 7.15. The Morgan fingerprint density at radius 2 is 1.97 bits per heavy atom. The van der Waals surface area contributed by atoms with E-state index in [-0.39, 0.29) is 17.5 Å². The molecule has 3 aromatic rings. The molecule has 0 aliphatic carbocycles. The van der Waals surface area contributed by atoms with Gasteiger partial charge in [-0.2, -0.15) is 4.68 Å². The second kappa shape index (κ2) is 8.40. The van der Waals surface area contributed by atoms with E-state index in [9.17, 15) is 14.0 Å². The van der Waals surface area contributed by atoms with Crippen LogP contribution in [-0.4, -0.2) is 43.5 Å². The van der Waals surface area contributed by atoms with Gasteiger partial charge in [-0.05, 0) is 54.0 Å². The molecule has 8 nitrogen and oxygen atoms in total. The Labute approximate surface area is 172 Å². The number of carbonyl (C=O) groups is 2. The maximum atomic E-state index is 14.3. The minimum atomic E-state index is -0.762. The Kier molecular flexibility index (Phi) is 5.51. The number of aromatic nitrogens is 4. The molecule has 1 aliphatic heterocycles. The zero-order valence-electron chi connectivity index (χ0n) is 16.5. The molecule has 0 radical (unpaired) electrons. The van der Waals surface area contributed by atoms with Crippen LogP contribution < -0.4 is 5.32 Å². The van der Waals surface area contributed by atoms with E-state index < -0.39 is 11.9 Å². The molecule has 2 amide bonds. The molecule has 1 aliphatic rings. The zero-order chi connectivity index (χ0) is 21.1. The van der Waals surface area contributed by atoms with Crippen molar-refractivity contribution in [3.8, 4) is 5.69 Å². The summed E-state index contributed by atoms with van der Waals surface area (Å²) in [6, 6.07) is 12.6.